The Morgan fingerprint density at radius 2 is 2.08 bits per heavy atom. The van der Waals surface area contributed by atoms with Crippen LogP contribution in [0.1, 0.15) is 26.7 Å². The summed E-state index contributed by atoms with van der Waals surface area (Å²) in [4.78, 5) is 12.8. The molecule has 0 rings (SSSR count). The number of carbonyl (C=O) groups is 1. The van der Waals surface area contributed by atoms with Crippen LogP contribution in [0.3, 0.4) is 0 Å². The van der Waals surface area contributed by atoms with Crippen LogP contribution in [-0.2, 0) is 4.79 Å². The molecule has 0 bridgehead atoms. The van der Waals surface area contributed by atoms with Gasteiger partial charge in [0.1, 0.15) is 0 Å². The van der Waals surface area contributed by atoms with Crippen molar-refractivity contribution in [3.05, 3.63) is 0 Å². The number of hydrogen-bond acceptors (Lipinski definition) is 2. The van der Waals surface area contributed by atoms with Crippen molar-refractivity contribution in [3.8, 4) is 0 Å². The lowest BCUT2D eigenvalue weighted by Crippen LogP contribution is -2.28. The van der Waals surface area contributed by atoms with E-state index in [0.29, 0.717) is 12.3 Å². The fourth-order valence-corrected chi connectivity index (χ4v) is 0.912. The molecular formula is C10H22N2O. The quantitative estimate of drug-likeness (QED) is 0.630. The molecule has 0 radical (unpaired) electrons. The van der Waals surface area contributed by atoms with Crippen LogP contribution < -0.4 is 5.32 Å². The lowest BCUT2D eigenvalue weighted by Gasteiger charge is -2.12. The van der Waals surface area contributed by atoms with Gasteiger partial charge in [-0.25, -0.2) is 0 Å². The Morgan fingerprint density at radius 3 is 2.54 bits per heavy atom. The smallest absolute Gasteiger partial charge is 0.223 e. The molecule has 1 N–H and O–H groups in total. The van der Waals surface area contributed by atoms with Gasteiger partial charge in [-0.2, -0.15) is 0 Å². The van der Waals surface area contributed by atoms with Crippen molar-refractivity contribution < 1.29 is 4.79 Å². The zero-order valence-corrected chi connectivity index (χ0v) is 9.26. The van der Waals surface area contributed by atoms with E-state index in [-0.39, 0.29) is 5.91 Å². The Morgan fingerprint density at radius 1 is 1.46 bits per heavy atom. The molecule has 13 heavy (non-hydrogen) atoms. The second-order valence-corrected chi connectivity index (χ2v) is 3.76. The molecule has 0 aliphatic rings. The standard InChI is InChI=1S/C10H22N2O/c1-5-9(2)8-11-7-6-10(13)12(3)4/h9,11H,5-8H2,1-4H3. The monoisotopic (exact) mass is 186 g/mol. The van der Waals surface area contributed by atoms with Crippen LogP contribution in [0.15, 0.2) is 0 Å². The Labute approximate surface area is 81.5 Å². The first-order chi connectivity index (χ1) is 6.07. The lowest BCUT2D eigenvalue weighted by molar-refractivity contribution is -0.128. The van der Waals surface area contributed by atoms with Crippen LogP contribution in [0.4, 0.5) is 0 Å². The summed E-state index contributed by atoms with van der Waals surface area (Å²) < 4.78 is 0. The van der Waals surface area contributed by atoms with Gasteiger partial charge in [0.05, 0.1) is 0 Å². The van der Waals surface area contributed by atoms with Gasteiger partial charge >= 0.3 is 0 Å². The third kappa shape index (κ3) is 6.58. The van der Waals surface area contributed by atoms with Gasteiger partial charge in [0.25, 0.3) is 0 Å². The van der Waals surface area contributed by atoms with E-state index in [9.17, 15) is 4.79 Å². The van der Waals surface area contributed by atoms with Gasteiger partial charge in [-0.05, 0) is 12.5 Å². The normalized spacial score (nSPS) is 12.6. The van der Waals surface area contributed by atoms with Crippen molar-refractivity contribution in [3.63, 3.8) is 0 Å². The molecule has 3 heteroatoms. The van der Waals surface area contributed by atoms with Gasteiger partial charge in [-0.15, -0.1) is 0 Å². The zero-order valence-electron chi connectivity index (χ0n) is 9.26. The highest BCUT2D eigenvalue weighted by Crippen LogP contribution is 1.97. The van der Waals surface area contributed by atoms with E-state index in [4.69, 9.17) is 0 Å². The predicted octanol–water partition coefficient (Wildman–Crippen LogP) is 1.10. The SMILES string of the molecule is CCC(C)CNCCC(=O)N(C)C. The molecule has 3 nitrogen and oxygen atoms in total. The average Bonchev–Trinajstić information content (AvgIpc) is 2.11. The molecule has 1 unspecified atom stereocenters. The molecule has 0 fully saturated rings. The van der Waals surface area contributed by atoms with Gasteiger partial charge in [-0.1, -0.05) is 20.3 Å². The first-order valence-electron chi connectivity index (χ1n) is 4.98. The van der Waals surface area contributed by atoms with E-state index in [2.05, 4.69) is 19.2 Å². The summed E-state index contributed by atoms with van der Waals surface area (Å²) in [5.41, 5.74) is 0. The van der Waals surface area contributed by atoms with Gasteiger partial charge in [-0.3, -0.25) is 4.79 Å². The van der Waals surface area contributed by atoms with E-state index >= 15 is 0 Å². The number of nitrogens with zero attached hydrogens (tertiary/aromatic N) is 1. The van der Waals surface area contributed by atoms with E-state index in [0.717, 1.165) is 13.1 Å². The Bertz CT molecular complexity index is 146. The van der Waals surface area contributed by atoms with Crippen molar-refractivity contribution >= 4 is 5.91 Å². The molecule has 0 aliphatic heterocycles. The van der Waals surface area contributed by atoms with Gasteiger partial charge in [0.2, 0.25) is 5.91 Å². The van der Waals surface area contributed by atoms with Crippen molar-refractivity contribution in [2.45, 2.75) is 26.7 Å². The van der Waals surface area contributed by atoms with Crippen LogP contribution in [0.5, 0.6) is 0 Å². The van der Waals surface area contributed by atoms with Crippen LogP contribution >= 0.6 is 0 Å². The second-order valence-electron chi connectivity index (χ2n) is 3.76. The topological polar surface area (TPSA) is 32.3 Å². The average molecular weight is 186 g/mol. The fourth-order valence-electron chi connectivity index (χ4n) is 0.912. The maximum atomic E-state index is 11.1. The summed E-state index contributed by atoms with van der Waals surface area (Å²) in [6.45, 7) is 6.19. The van der Waals surface area contributed by atoms with Gasteiger partial charge < -0.3 is 10.2 Å². The van der Waals surface area contributed by atoms with E-state index in [1.165, 1.54) is 6.42 Å². The van der Waals surface area contributed by atoms with Crippen LogP contribution in [0.25, 0.3) is 0 Å². The highest BCUT2D eigenvalue weighted by molar-refractivity contribution is 5.75. The minimum Gasteiger partial charge on any atom is -0.349 e. The summed E-state index contributed by atoms with van der Waals surface area (Å²) in [5, 5.41) is 3.27. The van der Waals surface area contributed by atoms with Crippen LogP contribution in [0, 0.1) is 5.92 Å². The summed E-state index contributed by atoms with van der Waals surface area (Å²) in [7, 11) is 3.58. The molecule has 0 aliphatic carbocycles. The van der Waals surface area contributed by atoms with E-state index in [1.807, 2.05) is 0 Å². The third-order valence-corrected chi connectivity index (χ3v) is 2.20. The predicted molar refractivity (Wildman–Crippen MR) is 55.6 cm³/mol. The number of rotatable bonds is 6. The molecule has 0 spiro atoms. The molecule has 0 aromatic carbocycles. The van der Waals surface area contributed by atoms with Crippen molar-refractivity contribution in [2.75, 3.05) is 27.2 Å². The summed E-state index contributed by atoms with van der Waals surface area (Å²) in [6, 6.07) is 0. The molecule has 0 saturated heterocycles. The molecule has 0 saturated carbocycles. The van der Waals surface area contributed by atoms with Crippen LogP contribution in [0.2, 0.25) is 0 Å². The van der Waals surface area contributed by atoms with Crippen molar-refractivity contribution in [1.29, 1.82) is 0 Å². The number of amides is 1. The number of hydrogen-bond donors (Lipinski definition) is 1. The van der Waals surface area contributed by atoms with Crippen LogP contribution in [-0.4, -0.2) is 38.0 Å². The van der Waals surface area contributed by atoms with Crippen molar-refractivity contribution in [2.24, 2.45) is 5.92 Å². The highest BCUT2D eigenvalue weighted by Gasteiger charge is 2.03. The fraction of sp³-hybridized carbons (Fsp3) is 0.900. The summed E-state index contributed by atoms with van der Waals surface area (Å²) >= 11 is 0. The first kappa shape index (κ1) is 12.4. The molecule has 0 aromatic rings. The van der Waals surface area contributed by atoms with E-state index < -0.39 is 0 Å². The molecule has 1 atom stereocenters. The summed E-state index contributed by atoms with van der Waals surface area (Å²) in [6.07, 6.45) is 1.79. The maximum Gasteiger partial charge on any atom is 0.223 e. The molecule has 1 amide bonds. The Kier molecular flexibility index (Phi) is 6.59. The third-order valence-electron chi connectivity index (χ3n) is 2.20. The molecule has 0 aromatic heterocycles. The second kappa shape index (κ2) is 6.89. The van der Waals surface area contributed by atoms with Gasteiger partial charge in [0, 0.05) is 27.1 Å². The molecular weight excluding hydrogens is 164 g/mol. The summed E-state index contributed by atoms with van der Waals surface area (Å²) in [5.74, 6) is 0.895. The number of nitrogens with one attached hydrogen (secondary N) is 1. The lowest BCUT2D eigenvalue weighted by atomic mass is 10.1. The Hall–Kier alpha value is -0.570. The zero-order chi connectivity index (χ0) is 10.3. The van der Waals surface area contributed by atoms with Gasteiger partial charge in [0.15, 0.2) is 0 Å². The van der Waals surface area contributed by atoms with E-state index in [1.54, 1.807) is 19.0 Å². The minimum absolute atomic E-state index is 0.191. The molecule has 78 valence electrons. The Balaban J connectivity index is 3.31. The highest BCUT2D eigenvalue weighted by atomic mass is 16.2. The first-order valence-corrected chi connectivity index (χ1v) is 4.98. The largest absolute Gasteiger partial charge is 0.349 e. The maximum absolute atomic E-state index is 11.1. The minimum atomic E-state index is 0.191. The number of carbonyl (C=O) groups excluding carboxylic acids is 1. The molecule has 0 heterocycles. The van der Waals surface area contributed by atoms with Crippen molar-refractivity contribution in [1.82, 2.24) is 10.2 Å².